The van der Waals surface area contributed by atoms with Crippen LogP contribution in [0.2, 0.25) is 5.02 Å². The van der Waals surface area contributed by atoms with E-state index in [9.17, 15) is 0 Å². The number of rotatable bonds is 2. The van der Waals surface area contributed by atoms with Crippen molar-refractivity contribution in [3.63, 3.8) is 0 Å². The van der Waals surface area contributed by atoms with Crippen molar-refractivity contribution in [3.05, 3.63) is 52.7 Å². The third kappa shape index (κ3) is 2.51. The summed E-state index contributed by atoms with van der Waals surface area (Å²) in [4.78, 5) is 4.11. The fraction of sp³-hybridized carbons (Fsp3) is 0.267. The number of nitrogens with two attached hydrogens (primary N) is 1. The minimum absolute atomic E-state index is 0.410. The van der Waals surface area contributed by atoms with Gasteiger partial charge in [0.2, 0.25) is 0 Å². The average Bonchev–Trinajstić information content (AvgIpc) is 2.43. The number of nitrogens with zero attached hydrogens (tertiary/aromatic N) is 1. The van der Waals surface area contributed by atoms with Gasteiger partial charge in [0.05, 0.1) is 11.6 Å². The molecule has 0 fully saturated rings. The fourth-order valence-electron chi connectivity index (χ4n) is 2.55. The lowest BCUT2D eigenvalue weighted by Gasteiger charge is -2.26. The Kier molecular flexibility index (Phi) is 3.30. The molecule has 2 aromatic rings. The quantitative estimate of drug-likeness (QED) is 0.913. The Morgan fingerprint density at radius 2 is 2.21 bits per heavy atom. The van der Waals surface area contributed by atoms with E-state index in [4.69, 9.17) is 22.1 Å². The van der Waals surface area contributed by atoms with Gasteiger partial charge in [-0.3, -0.25) is 0 Å². The second-order valence-electron chi connectivity index (χ2n) is 4.77. The van der Waals surface area contributed by atoms with E-state index in [1.54, 1.807) is 6.20 Å². The molecule has 2 heterocycles. The molecule has 1 unspecified atom stereocenters. The van der Waals surface area contributed by atoms with Crippen molar-refractivity contribution < 1.29 is 4.74 Å². The van der Waals surface area contributed by atoms with Crippen LogP contribution in [0.1, 0.15) is 23.5 Å². The number of nitrogen functional groups attached to an aromatic ring is 1. The number of ether oxygens (including phenoxy) is 1. The van der Waals surface area contributed by atoms with E-state index in [1.165, 1.54) is 5.56 Å². The van der Waals surface area contributed by atoms with Crippen LogP contribution in [-0.4, -0.2) is 11.6 Å². The molecular formula is C15H15ClN2O. The van der Waals surface area contributed by atoms with Crippen molar-refractivity contribution in [3.8, 4) is 5.75 Å². The van der Waals surface area contributed by atoms with Gasteiger partial charge in [0.25, 0.3) is 0 Å². The normalized spacial score (nSPS) is 17.6. The highest BCUT2D eigenvalue weighted by atomic mass is 35.5. The molecule has 1 atom stereocenters. The summed E-state index contributed by atoms with van der Waals surface area (Å²) in [6.45, 7) is 0.746. The van der Waals surface area contributed by atoms with Crippen molar-refractivity contribution in [2.24, 2.45) is 0 Å². The van der Waals surface area contributed by atoms with Gasteiger partial charge in [-0.25, -0.2) is 4.98 Å². The minimum atomic E-state index is 0.410. The second-order valence-corrected chi connectivity index (χ2v) is 5.21. The molecule has 19 heavy (non-hydrogen) atoms. The van der Waals surface area contributed by atoms with Crippen LogP contribution in [0.4, 0.5) is 5.82 Å². The lowest BCUT2D eigenvalue weighted by Crippen LogP contribution is -2.16. The monoisotopic (exact) mass is 274 g/mol. The Bertz CT molecular complexity index is 600. The van der Waals surface area contributed by atoms with Crippen molar-refractivity contribution in [1.29, 1.82) is 0 Å². The second kappa shape index (κ2) is 5.10. The maximum absolute atomic E-state index is 5.99. The number of hydrogen-bond donors (Lipinski definition) is 1. The zero-order valence-corrected chi connectivity index (χ0v) is 11.2. The van der Waals surface area contributed by atoms with Crippen LogP contribution in [0, 0.1) is 0 Å². The Hall–Kier alpha value is -1.74. The summed E-state index contributed by atoms with van der Waals surface area (Å²) in [6.07, 6.45) is 3.42. The Labute approximate surface area is 117 Å². The molecule has 1 aliphatic heterocycles. The van der Waals surface area contributed by atoms with E-state index < -0.39 is 0 Å². The van der Waals surface area contributed by atoms with Gasteiger partial charge >= 0.3 is 0 Å². The zero-order chi connectivity index (χ0) is 13.2. The van der Waals surface area contributed by atoms with Gasteiger partial charge in [-0.2, -0.15) is 0 Å². The van der Waals surface area contributed by atoms with Crippen LogP contribution in [0.15, 0.2) is 36.5 Å². The molecule has 98 valence electrons. The van der Waals surface area contributed by atoms with Crippen LogP contribution in [0.5, 0.6) is 5.75 Å². The van der Waals surface area contributed by atoms with Crippen LogP contribution >= 0.6 is 11.6 Å². The van der Waals surface area contributed by atoms with Crippen molar-refractivity contribution in [2.75, 3.05) is 12.3 Å². The number of benzene rings is 1. The Morgan fingerprint density at radius 3 is 3.11 bits per heavy atom. The molecular weight excluding hydrogens is 260 g/mol. The molecule has 1 aromatic heterocycles. The van der Waals surface area contributed by atoms with Crippen LogP contribution < -0.4 is 10.5 Å². The number of pyridine rings is 1. The third-order valence-electron chi connectivity index (χ3n) is 3.52. The molecule has 0 radical (unpaired) electrons. The summed E-state index contributed by atoms with van der Waals surface area (Å²) in [5, 5.41) is 0.629. The highest BCUT2D eigenvalue weighted by Gasteiger charge is 2.22. The SMILES string of the molecule is Nc1ncc(Cl)cc1CC1CCOc2ccccc21. The predicted molar refractivity (Wildman–Crippen MR) is 76.7 cm³/mol. The van der Waals surface area contributed by atoms with E-state index in [-0.39, 0.29) is 0 Å². The molecule has 0 saturated carbocycles. The molecule has 1 aromatic carbocycles. The summed E-state index contributed by atoms with van der Waals surface area (Å²) in [5.41, 5.74) is 8.18. The standard InChI is InChI=1S/C15H15ClN2O/c16-12-8-11(15(17)18-9-12)7-10-5-6-19-14-4-2-1-3-13(10)14/h1-4,8-10H,5-7H2,(H2,17,18). The number of hydrogen-bond acceptors (Lipinski definition) is 3. The van der Waals surface area contributed by atoms with E-state index in [0.29, 0.717) is 16.8 Å². The van der Waals surface area contributed by atoms with Gasteiger partial charge in [0.1, 0.15) is 11.6 Å². The lowest BCUT2D eigenvalue weighted by atomic mass is 9.87. The highest BCUT2D eigenvalue weighted by molar-refractivity contribution is 6.30. The number of halogens is 1. The van der Waals surface area contributed by atoms with Crippen LogP contribution in [-0.2, 0) is 6.42 Å². The maximum atomic E-state index is 5.99. The first kappa shape index (κ1) is 12.3. The summed E-state index contributed by atoms with van der Waals surface area (Å²) >= 11 is 5.99. The Balaban J connectivity index is 1.90. The first-order chi connectivity index (χ1) is 9.24. The largest absolute Gasteiger partial charge is 0.493 e. The fourth-order valence-corrected chi connectivity index (χ4v) is 2.73. The number of aromatic nitrogens is 1. The van der Waals surface area contributed by atoms with Crippen LogP contribution in [0.3, 0.4) is 0 Å². The van der Waals surface area contributed by atoms with Gasteiger partial charge in [-0.05, 0) is 42.0 Å². The zero-order valence-electron chi connectivity index (χ0n) is 10.5. The van der Waals surface area contributed by atoms with Gasteiger partial charge in [-0.15, -0.1) is 0 Å². The lowest BCUT2D eigenvalue weighted by molar-refractivity contribution is 0.266. The molecule has 1 aliphatic rings. The molecule has 0 aliphatic carbocycles. The molecule has 0 amide bonds. The topological polar surface area (TPSA) is 48.1 Å². The highest BCUT2D eigenvalue weighted by Crippen LogP contribution is 2.36. The maximum Gasteiger partial charge on any atom is 0.126 e. The van der Waals surface area contributed by atoms with Crippen molar-refractivity contribution in [2.45, 2.75) is 18.8 Å². The summed E-state index contributed by atoms with van der Waals surface area (Å²) in [5.74, 6) is 1.95. The smallest absolute Gasteiger partial charge is 0.126 e. The van der Waals surface area contributed by atoms with Gasteiger partial charge in [0.15, 0.2) is 0 Å². The van der Waals surface area contributed by atoms with E-state index in [2.05, 4.69) is 11.1 Å². The summed E-state index contributed by atoms with van der Waals surface area (Å²) in [7, 11) is 0. The van der Waals surface area contributed by atoms with Gasteiger partial charge in [-0.1, -0.05) is 29.8 Å². The van der Waals surface area contributed by atoms with E-state index in [0.717, 1.165) is 30.8 Å². The minimum Gasteiger partial charge on any atom is -0.493 e. The third-order valence-corrected chi connectivity index (χ3v) is 3.72. The van der Waals surface area contributed by atoms with Crippen molar-refractivity contribution in [1.82, 2.24) is 4.98 Å². The molecule has 3 nitrogen and oxygen atoms in total. The number of anilines is 1. The average molecular weight is 275 g/mol. The molecule has 0 bridgehead atoms. The van der Waals surface area contributed by atoms with Crippen molar-refractivity contribution >= 4 is 17.4 Å². The van der Waals surface area contributed by atoms with E-state index >= 15 is 0 Å². The summed E-state index contributed by atoms with van der Waals surface area (Å²) < 4.78 is 5.67. The number of fused-ring (bicyclic) bond motifs is 1. The van der Waals surface area contributed by atoms with E-state index in [1.807, 2.05) is 24.3 Å². The van der Waals surface area contributed by atoms with Crippen LogP contribution in [0.25, 0.3) is 0 Å². The molecule has 2 N–H and O–H groups in total. The van der Waals surface area contributed by atoms with Gasteiger partial charge in [0, 0.05) is 6.20 Å². The predicted octanol–water partition coefficient (Wildman–Crippen LogP) is 3.43. The molecule has 4 heteroatoms. The first-order valence-electron chi connectivity index (χ1n) is 6.35. The first-order valence-corrected chi connectivity index (χ1v) is 6.73. The Morgan fingerprint density at radius 1 is 1.37 bits per heavy atom. The number of para-hydroxylation sites is 1. The molecule has 3 rings (SSSR count). The molecule has 0 saturated heterocycles. The van der Waals surface area contributed by atoms with Gasteiger partial charge < -0.3 is 10.5 Å². The molecule has 0 spiro atoms. The summed E-state index contributed by atoms with van der Waals surface area (Å²) in [6, 6.07) is 10.1.